The molecular formula is C20H37NO3. The molecule has 140 valence electrons. The minimum atomic E-state index is -0.589. The number of carbonyl (C=O) groups excluding carboxylic acids is 2. The Labute approximate surface area is 148 Å². The van der Waals surface area contributed by atoms with Gasteiger partial charge in [-0.2, -0.15) is 0 Å². The lowest BCUT2D eigenvalue weighted by Gasteiger charge is -2.41. The van der Waals surface area contributed by atoms with Gasteiger partial charge >= 0.3 is 5.97 Å². The first-order chi connectivity index (χ1) is 10.8. The first-order valence-electron chi connectivity index (χ1n) is 9.31. The molecule has 0 aliphatic carbocycles. The molecule has 1 aliphatic rings. The van der Waals surface area contributed by atoms with Crippen LogP contribution in [0.3, 0.4) is 0 Å². The minimum Gasteiger partial charge on any atom is -0.459 e. The van der Waals surface area contributed by atoms with Crippen molar-refractivity contribution in [1.29, 1.82) is 0 Å². The highest BCUT2D eigenvalue weighted by Gasteiger charge is 2.40. The summed E-state index contributed by atoms with van der Waals surface area (Å²) in [5.74, 6) is 0.0306. The molecule has 0 N–H and O–H groups in total. The first kappa shape index (κ1) is 21.0. The maximum atomic E-state index is 12.6. The highest BCUT2D eigenvalue weighted by atomic mass is 16.6. The third-order valence-electron chi connectivity index (χ3n) is 4.72. The summed E-state index contributed by atoms with van der Waals surface area (Å²) in [5, 5.41) is 0. The Morgan fingerprint density at radius 3 is 2.17 bits per heavy atom. The third-order valence-corrected chi connectivity index (χ3v) is 4.72. The summed E-state index contributed by atoms with van der Waals surface area (Å²) in [6, 6.07) is 0. The Hall–Kier alpha value is -1.06. The molecule has 1 saturated heterocycles. The fourth-order valence-corrected chi connectivity index (χ4v) is 3.95. The van der Waals surface area contributed by atoms with Crippen LogP contribution in [0.5, 0.6) is 0 Å². The van der Waals surface area contributed by atoms with E-state index < -0.39 is 5.60 Å². The molecule has 4 nitrogen and oxygen atoms in total. The van der Waals surface area contributed by atoms with Crippen molar-refractivity contribution in [3.05, 3.63) is 0 Å². The van der Waals surface area contributed by atoms with Crippen molar-refractivity contribution in [3.63, 3.8) is 0 Å². The molecule has 0 aromatic heterocycles. The van der Waals surface area contributed by atoms with Gasteiger partial charge in [-0.25, -0.2) is 0 Å². The molecule has 0 bridgehead atoms. The number of nitrogens with zero attached hydrogens (tertiary/aromatic N) is 1. The summed E-state index contributed by atoms with van der Waals surface area (Å²) in [7, 11) is 0. The SMILES string of the molecule is CCC(CC(C)(C)C)C(=O)OC(C)(C)CC(C)(C)N1CCCC1=O. The number of rotatable bonds is 7. The van der Waals surface area contributed by atoms with Crippen molar-refractivity contribution in [3.8, 4) is 0 Å². The Bertz CT molecular complexity index is 460. The Kier molecular flexibility index (Phi) is 6.51. The van der Waals surface area contributed by atoms with Crippen molar-refractivity contribution >= 4 is 11.9 Å². The summed E-state index contributed by atoms with van der Waals surface area (Å²) in [6.45, 7) is 17.3. The molecule has 0 spiro atoms. The van der Waals surface area contributed by atoms with Crippen LogP contribution < -0.4 is 0 Å². The van der Waals surface area contributed by atoms with E-state index in [1.165, 1.54) is 0 Å². The zero-order chi connectivity index (χ0) is 18.8. The number of hydrogen-bond acceptors (Lipinski definition) is 3. The lowest BCUT2D eigenvalue weighted by atomic mass is 9.83. The van der Waals surface area contributed by atoms with E-state index in [1.54, 1.807) is 0 Å². The van der Waals surface area contributed by atoms with Crippen molar-refractivity contribution in [2.75, 3.05) is 6.54 Å². The summed E-state index contributed by atoms with van der Waals surface area (Å²) in [4.78, 5) is 26.6. The summed E-state index contributed by atoms with van der Waals surface area (Å²) >= 11 is 0. The molecule has 24 heavy (non-hydrogen) atoms. The lowest BCUT2D eigenvalue weighted by molar-refractivity contribution is -0.166. The fourth-order valence-electron chi connectivity index (χ4n) is 3.95. The molecule has 4 heteroatoms. The average molecular weight is 340 g/mol. The second-order valence-corrected chi connectivity index (χ2v) is 9.69. The number of carbonyl (C=O) groups is 2. The predicted octanol–water partition coefficient (Wildman–Crippen LogP) is 4.56. The van der Waals surface area contributed by atoms with Crippen LogP contribution >= 0.6 is 0 Å². The smallest absolute Gasteiger partial charge is 0.309 e. The predicted molar refractivity (Wildman–Crippen MR) is 97.7 cm³/mol. The molecule has 1 atom stereocenters. The van der Waals surface area contributed by atoms with Gasteiger partial charge in [0.15, 0.2) is 0 Å². The van der Waals surface area contributed by atoms with Crippen LogP contribution in [0.1, 0.15) is 87.5 Å². The van der Waals surface area contributed by atoms with Crippen LogP contribution in [0.25, 0.3) is 0 Å². The molecule has 1 amide bonds. The van der Waals surface area contributed by atoms with Gasteiger partial charge in [0, 0.05) is 24.9 Å². The Morgan fingerprint density at radius 2 is 1.75 bits per heavy atom. The summed E-state index contributed by atoms with van der Waals surface area (Å²) < 4.78 is 5.89. The van der Waals surface area contributed by atoms with Gasteiger partial charge < -0.3 is 9.64 Å². The van der Waals surface area contributed by atoms with E-state index in [0.29, 0.717) is 12.8 Å². The second-order valence-electron chi connectivity index (χ2n) is 9.69. The topological polar surface area (TPSA) is 46.6 Å². The van der Waals surface area contributed by atoms with Crippen LogP contribution in [0.2, 0.25) is 0 Å². The monoisotopic (exact) mass is 339 g/mol. The molecule has 0 aromatic carbocycles. The molecule has 1 rings (SSSR count). The molecule has 1 fully saturated rings. The van der Waals surface area contributed by atoms with E-state index in [4.69, 9.17) is 4.74 Å². The van der Waals surface area contributed by atoms with Gasteiger partial charge in [0.25, 0.3) is 0 Å². The summed E-state index contributed by atoms with van der Waals surface area (Å²) in [6.07, 6.45) is 3.81. The summed E-state index contributed by atoms with van der Waals surface area (Å²) in [5.41, 5.74) is -0.789. The molecule has 0 aromatic rings. The standard InChI is InChI=1S/C20H37NO3/c1-9-15(13-18(2,3)4)17(23)24-20(7,8)14-19(5,6)21-12-10-11-16(21)22/h15H,9-14H2,1-8H3. The maximum absolute atomic E-state index is 12.6. The minimum absolute atomic E-state index is 0.0687. The van der Waals surface area contributed by atoms with Gasteiger partial charge in [-0.3, -0.25) is 9.59 Å². The quantitative estimate of drug-likeness (QED) is 0.639. The van der Waals surface area contributed by atoms with Crippen molar-refractivity contribution in [2.24, 2.45) is 11.3 Å². The molecular weight excluding hydrogens is 302 g/mol. The van der Waals surface area contributed by atoms with Crippen LogP contribution in [0, 0.1) is 11.3 Å². The highest BCUT2D eigenvalue weighted by Crippen LogP contribution is 2.33. The second kappa shape index (κ2) is 7.45. The molecule has 0 radical (unpaired) electrons. The van der Waals surface area contributed by atoms with Crippen LogP contribution in [0.4, 0.5) is 0 Å². The van der Waals surface area contributed by atoms with E-state index in [-0.39, 0.29) is 28.7 Å². The number of esters is 1. The van der Waals surface area contributed by atoms with Gasteiger partial charge in [0.05, 0.1) is 5.92 Å². The fraction of sp³-hybridized carbons (Fsp3) is 0.900. The molecule has 1 heterocycles. The first-order valence-corrected chi connectivity index (χ1v) is 9.31. The van der Waals surface area contributed by atoms with Crippen molar-refractivity contribution in [1.82, 2.24) is 4.90 Å². The molecule has 0 saturated carbocycles. The van der Waals surface area contributed by atoms with Gasteiger partial charge in [-0.1, -0.05) is 27.7 Å². The third kappa shape index (κ3) is 6.10. The number of likely N-dealkylation sites (tertiary alicyclic amines) is 1. The molecule has 1 aliphatic heterocycles. The van der Waals surface area contributed by atoms with Gasteiger partial charge in [-0.15, -0.1) is 0 Å². The average Bonchev–Trinajstić information content (AvgIpc) is 2.79. The van der Waals surface area contributed by atoms with Gasteiger partial charge in [0.2, 0.25) is 5.91 Å². The van der Waals surface area contributed by atoms with Crippen molar-refractivity contribution < 1.29 is 14.3 Å². The zero-order valence-electron chi connectivity index (χ0n) is 17.0. The van der Waals surface area contributed by atoms with Crippen LogP contribution in [-0.2, 0) is 14.3 Å². The van der Waals surface area contributed by atoms with Crippen LogP contribution in [0.15, 0.2) is 0 Å². The van der Waals surface area contributed by atoms with Crippen molar-refractivity contribution in [2.45, 2.75) is 98.6 Å². The van der Waals surface area contributed by atoms with E-state index in [2.05, 4.69) is 34.6 Å². The van der Waals surface area contributed by atoms with Gasteiger partial charge in [-0.05, 0) is 52.4 Å². The molecule has 1 unspecified atom stereocenters. The Morgan fingerprint density at radius 1 is 1.17 bits per heavy atom. The van der Waals surface area contributed by atoms with E-state index in [9.17, 15) is 9.59 Å². The van der Waals surface area contributed by atoms with E-state index >= 15 is 0 Å². The highest BCUT2D eigenvalue weighted by molar-refractivity contribution is 5.79. The maximum Gasteiger partial charge on any atom is 0.309 e. The normalized spacial score (nSPS) is 18.0. The van der Waals surface area contributed by atoms with Crippen LogP contribution in [-0.4, -0.2) is 34.5 Å². The number of ether oxygens (including phenoxy) is 1. The van der Waals surface area contributed by atoms with E-state index in [0.717, 1.165) is 25.8 Å². The Balaban J connectivity index is 2.73. The lowest BCUT2D eigenvalue weighted by Crippen LogP contribution is -2.50. The number of hydrogen-bond donors (Lipinski definition) is 0. The number of amides is 1. The largest absolute Gasteiger partial charge is 0.459 e. The van der Waals surface area contributed by atoms with Gasteiger partial charge in [0.1, 0.15) is 5.60 Å². The van der Waals surface area contributed by atoms with E-state index in [1.807, 2.05) is 25.7 Å². The zero-order valence-corrected chi connectivity index (χ0v) is 17.0.